The van der Waals surface area contributed by atoms with Gasteiger partial charge in [-0.2, -0.15) is 0 Å². The van der Waals surface area contributed by atoms with Crippen LogP contribution in [0.1, 0.15) is 30.1 Å². The molecule has 1 atom stereocenters. The Morgan fingerprint density at radius 2 is 2.47 bits per heavy atom. The van der Waals surface area contributed by atoms with Crippen molar-refractivity contribution >= 4 is 11.7 Å². The van der Waals surface area contributed by atoms with Crippen LogP contribution >= 0.6 is 0 Å². The van der Waals surface area contributed by atoms with Gasteiger partial charge in [-0.05, 0) is 18.9 Å². The van der Waals surface area contributed by atoms with E-state index < -0.39 is 11.7 Å². The molecule has 1 aliphatic heterocycles. The molecule has 0 saturated carbocycles. The van der Waals surface area contributed by atoms with E-state index in [0.717, 1.165) is 12.8 Å². The molecule has 0 aromatic carbocycles. The second-order valence-electron chi connectivity index (χ2n) is 4.48. The maximum atomic E-state index is 14.1. The van der Waals surface area contributed by atoms with E-state index in [9.17, 15) is 9.18 Å². The number of aromatic nitrogens is 1. The number of ether oxygens (including phenoxy) is 1. The SMILES string of the molecule is CCCNc1nccc(C(=O)NC2CCOC2)c1F. The highest BCUT2D eigenvalue weighted by molar-refractivity contribution is 5.95. The Balaban J connectivity index is 2.07. The van der Waals surface area contributed by atoms with Crippen LogP contribution in [0.3, 0.4) is 0 Å². The fourth-order valence-corrected chi connectivity index (χ4v) is 1.90. The number of hydrogen-bond donors (Lipinski definition) is 2. The molecule has 6 heteroatoms. The summed E-state index contributed by atoms with van der Waals surface area (Å²) in [6, 6.07) is 1.35. The van der Waals surface area contributed by atoms with Crippen molar-refractivity contribution in [2.45, 2.75) is 25.8 Å². The highest BCUT2D eigenvalue weighted by Gasteiger charge is 2.21. The molecule has 0 radical (unpaired) electrons. The number of halogens is 1. The monoisotopic (exact) mass is 267 g/mol. The molecule has 2 heterocycles. The average molecular weight is 267 g/mol. The maximum Gasteiger partial charge on any atom is 0.254 e. The van der Waals surface area contributed by atoms with E-state index in [1.54, 1.807) is 0 Å². The van der Waals surface area contributed by atoms with Crippen molar-refractivity contribution in [3.8, 4) is 0 Å². The quantitative estimate of drug-likeness (QED) is 0.850. The predicted octanol–water partition coefficient (Wildman–Crippen LogP) is 1.56. The van der Waals surface area contributed by atoms with Gasteiger partial charge in [-0.3, -0.25) is 4.79 Å². The fourth-order valence-electron chi connectivity index (χ4n) is 1.90. The molecule has 1 aliphatic rings. The lowest BCUT2D eigenvalue weighted by molar-refractivity contribution is 0.0926. The van der Waals surface area contributed by atoms with Crippen LogP contribution in [-0.2, 0) is 4.74 Å². The lowest BCUT2D eigenvalue weighted by Crippen LogP contribution is -2.35. The second kappa shape index (κ2) is 6.47. The van der Waals surface area contributed by atoms with Crippen molar-refractivity contribution in [3.05, 3.63) is 23.6 Å². The Morgan fingerprint density at radius 1 is 1.63 bits per heavy atom. The van der Waals surface area contributed by atoms with Crippen LogP contribution in [0.25, 0.3) is 0 Å². The van der Waals surface area contributed by atoms with Crippen molar-refractivity contribution in [2.24, 2.45) is 0 Å². The molecule has 19 heavy (non-hydrogen) atoms. The van der Waals surface area contributed by atoms with Gasteiger partial charge in [0.05, 0.1) is 18.2 Å². The number of carbonyl (C=O) groups excluding carboxylic acids is 1. The first-order valence-electron chi connectivity index (χ1n) is 6.49. The lowest BCUT2D eigenvalue weighted by atomic mass is 10.2. The van der Waals surface area contributed by atoms with Gasteiger partial charge in [0.2, 0.25) is 0 Å². The average Bonchev–Trinajstić information content (AvgIpc) is 2.90. The normalized spacial score (nSPS) is 18.3. The molecule has 104 valence electrons. The zero-order valence-electron chi connectivity index (χ0n) is 10.9. The van der Waals surface area contributed by atoms with E-state index in [-0.39, 0.29) is 17.4 Å². The van der Waals surface area contributed by atoms with Gasteiger partial charge in [0, 0.05) is 19.3 Å². The second-order valence-corrected chi connectivity index (χ2v) is 4.48. The molecular weight excluding hydrogens is 249 g/mol. The molecule has 1 amide bonds. The van der Waals surface area contributed by atoms with Crippen molar-refractivity contribution in [1.82, 2.24) is 10.3 Å². The molecule has 2 rings (SSSR count). The number of hydrogen-bond acceptors (Lipinski definition) is 4. The van der Waals surface area contributed by atoms with Gasteiger partial charge in [0.1, 0.15) is 0 Å². The van der Waals surface area contributed by atoms with Crippen molar-refractivity contribution in [2.75, 3.05) is 25.1 Å². The molecule has 5 nitrogen and oxygen atoms in total. The summed E-state index contributed by atoms with van der Waals surface area (Å²) in [5.41, 5.74) is 0.0144. The number of anilines is 1. The molecule has 0 spiro atoms. The lowest BCUT2D eigenvalue weighted by Gasteiger charge is -2.12. The first kappa shape index (κ1) is 13.7. The predicted molar refractivity (Wildman–Crippen MR) is 69.7 cm³/mol. The van der Waals surface area contributed by atoms with Gasteiger partial charge >= 0.3 is 0 Å². The summed E-state index contributed by atoms with van der Waals surface area (Å²) in [7, 11) is 0. The highest BCUT2D eigenvalue weighted by Crippen LogP contribution is 2.15. The number of amides is 1. The number of nitrogens with zero attached hydrogens (tertiary/aromatic N) is 1. The smallest absolute Gasteiger partial charge is 0.254 e. The van der Waals surface area contributed by atoms with E-state index in [0.29, 0.717) is 19.8 Å². The minimum absolute atomic E-state index is 0.0144. The number of nitrogens with one attached hydrogen (secondary N) is 2. The van der Waals surface area contributed by atoms with E-state index in [2.05, 4.69) is 15.6 Å². The third-order valence-electron chi connectivity index (χ3n) is 2.94. The summed E-state index contributed by atoms with van der Waals surface area (Å²) in [4.78, 5) is 15.9. The molecule has 0 bridgehead atoms. The van der Waals surface area contributed by atoms with E-state index in [1.807, 2.05) is 6.92 Å². The number of pyridine rings is 1. The summed E-state index contributed by atoms with van der Waals surface area (Å²) in [6.07, 6.45) is 3.05. The summed E-state index contributed by atoms with van der Waals surface area (Å²) in [5.74, 6) is -0.903. The van der Waals surface area contributed by atoms with Crippen molar-refractivity contribution in [3.63, 3.8) is 0 Å². The van der Waals surface area contributed by atoms with Gasteiger partial charge in [-0.25, -0.2) is 9.37 Å². The topological polar surface area (TPSA) is 63.2 Å². The molecule has 1 aromatic rings. The fraction of sp³-hybridized carbons (Fsp3) is 0.538. The first-order chi connectivity index (χ1) is 9.22. The number of carbonyl (C=O) groups is 1. The minimum atomic E-state index is -0.604. The Kier molecular flexibility index (Phi) is 4.68. The van der Waals surface area contributed by atoms with E-state index in [4.69, 9.17) is 4.74 Å². The Hall–Kier alpha value is -1.69. The molecule has 1 fully saturated rings. The van der Waals surface area contributed by atoms with Crippen LogP contribution < -0.4 is 10.6 Å². The van der Waals surface area contributed by atoms with Crippen LogP contribution in [-0.4, -0.2) is 36.7 Å². The number of rotatable bonds is 5. The highest BCUT2D eigenvalue weighted by atomic mass is 19.1. The van der Waals surface area contributed by atoms with Crippen molar-refractivity contribution < 1.29 is 13.9 Å². The van der Waals surface area contributed by atoms with Crippen molar-refractivity contribution in [1.29, 1.82) is 0 Å². The molecular formula is C13H18FN3O2. The molecule has 1 aromatic heterocycles. The maximum absolute atomic E-state index is 14.1. The summed E-state index contributed by atoms with van der Waals surface area (Å²) >= 11 is 0. The minimum Gasteiger partial charge on any atom is -0.379 e. The zero-order chi connectivity index (χ0) is 13.7. The van der Waals surface area contributed by atoms with Gasteiger partial charge in [-0.15, -0.1) is 0 Å². The zero-order valence-corrected chi connectivity index (χ0v) is 10.9. The van der Waals surface area contributed by atoms with Gasteiger partial charge in [0.15, 0.2) is 11.6 Å². The largest absolute Gasteiger partial charge is 0.379 e. The Labute approximate surface area is 111 Å². The summed E-state index contributed by atoms with van der Waals surface area (Å²) in [6.45, 7) is 3.71. The van der Waals surface area contributed by atoms with Crippen LogP contribution in [0.5, 0.6) is 0 Å². The first-order valence-corrected chi connectivity index (χ1v) is 6.49. The standard InChI is InChI=1S/C13H18FN3O2/c1-2-5-15-12-11(14)10(3-6-16-12)13(18)17-9-4-7-19-8-9/h3,6,9H,2,4-5,7-8H2,1H3,(H,15,16)(H,17,18). The molecule has 2 N–H and O–H groups in total. The van der Waals surface area contributed by atoms with E-state index in [1.165, 1.54) is 12.3 Å². The van der Waals surface area contributed by atoms with Gasteiger partial charge < -0.3 is 15.4 Å². The third kappa shape index (κ3) is 3.41. The summed E-state index contributed by atoms with van der Waals surface area (Å²) < 4.78 is 19.3. The molecule has 1 saturated heterocycles. The van der Waals surface area contributed by atoms with Crippen LogP contribution in [0, 0.1) is 5.82 Å². The van der Waals surface area contributed by atoms with Gasteiger partial charge in [-0.1, -0.05) is 6.92 Å². The van der Waals surface area contributed by atoms with Gasteiger partial charge in [0.25, 0.3) is 5.91 Å². The van der Waals surface area contributed by atoms with E-state index >= 15 is 0 Å². The summed E-state index contributed by atoms with van der Waals surface area (Å²) in [5, 5.41) is 5.62. The molecule has 1 unspecified atom stereocenters. The third-order valence-corrected chi connectivity index (χ3v) is 2.94. The molecule has 0 aliphatic carbocycles. The van der Waals surface area contributed by atoms with Crippen LogP contribution in [0.15, 0.2) is 12.3 Å². The Bertz CT molecular complexity index is 448. The van der Waals surface area contributed by atoms with Crippen LogP contribution in [0.2, 0.25) is 0 Å². The van der Waals surface area contributed by atoms with Crippen LogP contribution in [0.4, 0.5) is 10.2 Å². The Morgan fingerprint density at radius 3 is 3.16 bits per heavy atom.